The molecule has 0 N–H and O–H groups in total. The van der Waals surface area contributed by atoms with Gasteiger partial charge in [-0.2, -0.15) is 0 Å². The number of halogens is 11. The molecule has 0 aliphatic carbocycles. The van der Waals surface area contributed by atoms with Crippen LogP contribution in [0.25, 0.3) is 11.4 Å². The van der Waals surface area contributed by atoms with Crippen molar-refractivity contribution < 1.29 is 29.9 Å². The fraction of sp³-hybridized carbons (Fsp3) is 0.500. The molecule has 15 heteroatoms. The monoisotopic (exact) mass is 737 g/mol. The molecular formula is C28H39Cl5F6N3P. The Balaban J connectivity index is 0.00000115. The normalized spacial score (nSPS) is 13.0. The van der Waals surface area contributed by atoms with Gasteiger partial charge in [0, 0.05) is 22.3 Å². The Morgan fingerprint density at radius 3 is 1.21 bits per heavy atom. The summed E-state index contributed by atoms with van der Waals surface area (Å²) in [5.41, 5.74) is 7.36. The summed E-state index contributed by atoms with van der Waals surface area (Å²) < 4.78 is 63.1. The zero-order valence-corrected chi connectivity index (χ0v) is 29.9. The van der Waals surface area contributed by atoms with E-state index >= 15 is 0 Å². The second kappa shape index (κ2) is 16.6. The number of para-hydroxylation sites is 2. The van der Waals surface area contributed by atoms with E-state index in [9.17, 15) is 25.2 Å². The molecule has 0 saturated heterocycles. The first-order chi connectivity index (χ1) is 19.4. The van der Waals surface area contributed by atoms with Crippen LogP contribution in [0.3, 0.4) is 0 Å². The molecule has 43 heavy (non-hydrogen) atoms. The molecule has 0 amide bonds. The van der Waals surface area contributed by atoms with E-state index in [0.29, 0.717) is 28.8 Å². The number of hydrogen-bond acceptors (Lipinski definition) is 1. The van der Waals surface area contributed by atoms with Gasteiger partial charge >= 0.3 is 33.0 Å². The molecule has 3 rings (SSSR count). The van der Waals surface area contributed by atoms with Crippen LogP contribution in [0.15, 0.2) is 42.6 Å². The van der Waals surface area contributed by atoms with Crippen molar-refractivity contribution in [1.82, 2.24) is 9.90 Å². The van der Waals surface area contributed by atoms with Crippen LogP contribution in [0.1, 0.15) is 101 Å². The molecule has 3 nitrogen and oxygen atoms in total. The Hall–Kier alpha value is -0.960. The molecule has 248 valence electrons. The Morgan fingerprint density at radius 2 is 0.930 bits per heavy atom. The first-order valence-corrected chi connectivity index (χ1v) is 17.7. The summed E-state index contributed by atoms with van der Waals surface area (Å²) in [4.78, 5) is 0. The van der Waals surface area contributed by atoms with Gasteiger partial charge in [-0.25, -0.2) is 0 Å². The van der Waals surface area contributed by atoms with Crippen LogP contribution >= 0.6 is 65.8 Å². The average molecular weight is 740 g/mol. The van der Waals surface area contributed by atoms with Gasteiger partial charge in [0.1, 0.15) is 5.21 Å². The molecule has 0 aliphatic heterocycles. The van der Waals surface area contributed by atoms with Crippen molar-refractivity contribution in [2.75, 3.05) is 10.7 Å². The fourth-order valence-electron chi connectivity index (χ4n) is 4.11. The molecule has 1 aromatic heterocycles. The second-order valence-corrected chi connectivity index (χ2v) is 14.5. The number of aromatic nitrogens is 3. The van der Waals surface area contributed by atoms with E-state index in [4.69, 9.17) is 63.2 Å². The Kier molecular flexibility index (Phi) is 16.2. The summed E-state index contributed by atoms with van der Waals surface area (Å²) in [7, 11) is -10.7. The molecule has 0 atom stereocenters. The van der Waals surface area contributed by atoms with E-state index in [-0.39, 0.29) is 10.7 Å². The molecule has 0 bridgehead atoms. The molecule has 0 unspecified atom stereocenters. The van der Waals surface area contributed by atoms with Gasteiger partial charge in [-0.3, -0.25) is 0 Å². The van der Waals surface area contributed by atoms with E-state index in [1.54, 1.807) is 0 Å². The number of alkyl halides is 4. The maximum absolute atomic E-state index is 10.7. The van der Waals surface area contributed by atoms with E-state index in [1.807, 2.05) is 15.6 Å². The summed E-state index contributed by atoms with van der Waals surface area (Å²) in [6.45, 7) is 17.8. The first-order valence-electron chi connectivity index (χ1n) is 13.2. The third-order valence-corrected chi connectivity index (χ3v) is 6.00. The van der Waals surface area contributed by atoms with Gasteiger partial charge in [0.25, 0.3) is 5.15 Å². The van der Waals surface area contributed by atoms with Crippen LogP contribution in [0.5, 0.6) is 0 Å². The third-order valence-electron chi connectivity index (χ3n) is 5.74. The molecule has 2 aromatic carbocycles. The third kappa shape index (κ3) is 15.7. The Bertz CT molecular complexity index is 1230. The van der Waals surface area contributed by atoms with Crippen molar-refractivity contribution in [3.05, 3.63) is 70.0 Å². The van der Waals surface area contributed by atoms with Gasteiger partial charge in [0.2, 0.25) is 0 Å². The minimum absolute atomic E-state index is 0.194. The van der Waals surface area contributed by atoms with E-state index < -0.39 is 7.81 Å². The van der Waals surface area contributed by atoms with Crippen LogP contribution in [-0.2, 0) is 0 Å². The van der Waals surface area contributed by atoms with Crippen molar-refractivity contribution in [2.24, 2.45) is 0 Å². The Morgan fingerprint density at radius 1 is 0.651 bits per heavy atom. The molecule has 1 heterocycles. The topological polar surface area (TPSA) is 21.7 Å². The average Bonchev–Trinajstić information content (AvgIpc) is 3.22. The molecular weight excluding hydrogens is 701 g/mol. The molecule has 0 aliphatic rings. The standard InChI is InChI=1S/C26H35ClN3.2CH2Cl2.F6P/c1-16(2)20-11-9-12-21(17(3)4)25(20)29-15-24(27)30(28-29)26-22(18(5)6)13-10-14-23(26)19(7)8;2*2-1-3;1-7(2,3,4,5)6/h9-19H,1-8H3;2*1H2;/q+1;;;-1. The number of hydrogen-bond donors (Lipinski definition) is 0. The summed E-state index contributed by atoms with van der Waals surface area (Å²) in [6.07, 6.45) is 1.95. The van der Waals surface area contributed by atoms with E-state index in [1.165, 1.54) is 22.3 Å². The van der Waals surface area contributed by atoms with Gasteiger partial charge in [0.15, 0.2) is 17.6 Å². The first kappa shape index (κ1) is 42.0. The van der Waals surface area contributed by atoms with Crippen molar-refractivity contribution in [3.8, 4) is 11.4 Å². The number of nitrogens with zero attached hydrogens (tertiary/aromatic N) is 3. The van der Waals surface area contributed by atoms with Gasteiger partial charge < -0.3 is 0 Å². The zero-order valence-electron chi connectivity index (χ0n) is 25.2. The fourth-order valence-corrected chi connectivity index (χ4v) is 4.32. The molecule has 0 spiro atoms. The molecule has 0 fully saturated rings. The predicted octanol–water partition coefficient (Wildman–Crippen LogP) is 13.5. The number of benzene rings is 2. The summed E-state index contributed by atoms with van der Waals surface area (Å²) in [5, 5.41) is 6.04. The van der Waals surface area contributed by atoms with Gasteiger partial charge in [-0.1, -0.05) is 101 Å². The number of rotatable bonds is 6. The maximum atomic E-state index is 9.87. The van der Waals surface area contributed by atoms with Crippen LogP contribution in [0.4, 0.5) is 25.2 Å². The van der Waals surface area contributed by atoms with Gasteiger partial charge in [-0.15, -0.1) is 46.4 Å². The molecule has 3 aromatic rings. The van der Waals surface area contributed by atoms with E-state index in [0.717, 1.165) is 11.4 Å². The summed E-state index contributed by atoms with van der Waals surface area (Å²) >= 11 is 25.9. The molecule has 0 radical (unpaired) electrons. The van der Waals surface area contributed by atoms with Crippen molar-refractivity contribution >= 4 is 65.8 Å². The van der Waals surface area contributed by atoms with Gasteiger partial charge in [0.05, 0.1) is 10.7 Å². The second-order valence-electron chi connectivity index (χ2n) is 10.5. The van der Waals surface area contributed by atoms with Crippen LogP contribution in [-0.4, -0.2) is 20.6 Å². The van der Waals surface area contributed by atoms with Crippen molar-refractivity contribution in [2.45, 2.75) is 79.1 Å². The summed E-state index contributed by atoms with van der Waals surface area (Å²) in [6, 6.07) is 13.1. The van der Waals surface area contributed by atoms with Crippen LogP contribution in [0.2, 0.25) is 5.15 Å². The minimum atomic E-state index is -10.7. The van der Waals surface area contributed by atoms with Crippen LogP contribution in [0, 0.1) is 0 Å². The van der Waals surface area contributed by atoms with Gasteiger partial charge in [-0.05, 0) is 35.3 Å². The van der Waals surface area contributed by atoms with Crippen molar-refractivity contribution in [3.63, 3.8) is 0 Å². The molecule has 0 saturated carbocycles. The zero-order chi connectivity index (χ0) is 34.0. The summed E-state index contributed by atoms with van der Waals surface area (Å²) in [5.74, 6) is 1.54. The quantitative estimate of drug-likeness (QED) is 0.107. The van der Waals surface area contributed by atoms with Crippen LogP contribution < -0.4 is 4.68 Å². The SMILES string of the molecule is CC(C)c1cccc(C(C)C)c1-n1n[n+](-c2c(C(C)C)cccc2C(C)C)cc1Cl.ClCCl.ClCCl.F[P-](F)(F)(F)(F)F. The Labute approximate surface area is 275 Å². The predicted molar refractivity (Wildman–Crippen MR) is 173 cm³/mol. The van der Waals surface area contributed by atoms with Crippen molar-refractivity contribution in [1.29, 1.82) is 0 Å². The van der Waals surface area contributed by atoms with E-state index in [2.05, 4.69) is 91.8 Å².